The molecule has 0 atom stereocenters. The molecule has 3 N–H and O–H groups in total. The van der Waals surface area contributed by atoms with Crippen LogP contribution >= 0.6 is 23.2 Å². The van der Waals surface area contributed by atoms with E-state index in [4.69, 9.17) is 28.9 Å². The van der Waals surface area contributed by atoms with Crippen molar-refractivity contribution in [3.05, 3.63) is 52.0 Å². The number of benzene rings is 2. The lowest BCUT2D eigenvalue weighted by molar-refractivity contribution is 0.601. The standard InChI is InChI=1S/C13H12Cl2N2O2S/c1-8-2-5-12(11(15)6-8)17-20(18,19)13-7-9(16)3-4-10(13)14/h2-7,17H,16H2,1H3. The van der Waals surface area contributed by atoms with Gasteiger partial charge in [0.1, 0.15) is 4.90 Å². The zero-order valence-corrected chi connectivity index (χ0v) is 12.9. The summed E-state index contributed by atoms with van der Waals surface area (Å²) in [4.78, 5) is -0.0872. The number of aryl methyl sites for hydroxylation is 1. The van der Waals surface area contributed by atoms with E-state index in [-0.39, 0.29) is 15.6 Å². The van der Waals surface area contributed by atoms with Crippen molar-refractivity contribution in [1.29, 1.82) is 0 Å². The van der Waals surface area contributed by atoms with Gasteiger partial charge in [0.2, 0.25) is 0 Å². The molecule has 0 amide bonds. The second-order valence-corrected chi connectivity index (χ2v) is 6.74. The van der Waals surface area contributed by atoms with Gasteiger partial charge < -0.3 is 5.73 Å². The molecule has 0 spiro atoms. The first-order valence-corrected chi connectivity index (χ1v) is 7.87. The highest BCUT2D eigenvalue weighted by molar-refractivity contribution is 7.92. The van der Waals surface area contributed by atoms with Crippen molar-refractivity contribution >= 4 is 44.6 Å². The second kappa shape index (κ2) is 5.52. The summed E-state index contributed by atoms with van der Waals surface area (Å²) in [7, 11) is -3.85. The molecule has 2 aromatic carbocycles. The van der Waals surface area contributed by atoms with Gasteiger partial charge in [-0.25, -0.2) is 8.42 Å². The van der Waals surface area contributed by atoms with E-state index < -0.39 is 10.0 Å². The van der Waals surface area contributed by atoms with Crippen LogP contribution in [0.25, 0.3) is 0 Å². The maximum absolute atomic E-state index is 12.3. The Labute approximate surface area is 127 Å². The Morgan fingerprint density at radius 2 is 1.75 bits per heavy atom. The highest BCUT2D eigenvalue weighted by atomic mass is 35.5. The smallest absolute Gasteiger partial charge is 0.263 e. The molecular weight excluding hydrogens is 319 g/mol. The minimum Gasteiger partial charge on any atom is -0.399 e. The minimum atomic E-state index is -3.85. The Morgan fingerprint density at radius 3 is 2.40 bits per heavy atom. The SMILES string of the molecule is Cc1ccc(NS(=O)(=O)c2cc(N)ccc2Cl)c(Cl)c1. The Bertz CT molecular complexity index is 761. The minimum absolute atomic E-state index is 0.0872. The summed E-state index contributed by atoms with van der Waals surface area (Å²) in [6.45, 7) is 1.86. The number of halogens is 2. The van der Waals surface area contributed by atoms with E-state index in [9.17, 15) is 8.42 Å². The van der Waals surface area contributed by atoms with Gasteiger partial charge in [0.05, 0.1) is 15.7 Å². The quantitative estimate of drug-likeness (QED) is 0.843. The molecule has 7 heteroatoms. The van der Waals surface area contributed by atoms with Crippen molar-refractivity contribution in [2.75, 3.05) is 10.5 Å². The molecule has 0 bridgehead atoms. The van der Waals surface area contributed by atoms with Gasteiger partial charge in [-0.15, -0.1) is 0 Å². The molecule has 106 valence electrons. The van der Waals surface area contributed by atoms with Crippen molar-refractivity contribution in [3.63, 3.8) is 0 Å². The summed E-state index contributed by atoms with van der Waals surface area (Å²) in [6, 6.07) is 9.27. The van der Waals surface area contributed by atoms with Crippen LogP contribution < -0.4 is 10.5 Å². The van der Waals surface area contributed by atoms with Gasteiger partial charge in [0.15, 0.2) is 0 Å². The third kappa shape index (κ3) is 3.17. The predicted molar refractivity (Wildman–Crippen MR) is 82.9 cm³/mol. The van der Waals surface area contributed by atoms with E-state index in [2.05, 4.69) is 4.72 Å². The fourth-order valence-corrected chi connectivity index (χ4v) is 3.58. The summed E-state index contributed by atoms with van der Waals surface area (Å²) < 4.78 is 27.0. The molecule has 0 aliphatic heterocycles. The molecule has 0 saturated heterocycles. The first-order chi connectivity index (χ1) is 9.29. The average Bonchev–Trinajstić information content (AvgIpc) is 2.35. The summed E-state index contributed by atoms with van der Waals surface area (Å²) >= 11 is 11.9. The fraction of sp³-hybridized carbons (Fsp3) is 0.0769. The third-order valence-electron chi connectivity index (χ3n) is 2.61. The molecule has 0 fully saturated rings. The van der Waals surface area contributed by atoms with Crippen molar-refractivity contribution < 1.29 is 8.42 Å². The molecule has 20 heavy (non-hydrogen) atoms. The molecule has 4 nitrogen and oxygen atoms in total. The number of nitrogens with two attached hydrogens (primary N) is 1. The largest absolute Gasteiger partial charge is 0.399 e. The van der Waals surface area contributed by atoms with Crippen LogP contribution in [0.2, 0.25) is 10.0 Å². The maximum Gasteiger partial charge on any atom is 0.263 e. The molecule has 0 heterocycles. The number of hydrogen-bond donors (Lipinski definition) is 2. The van der Waals surface area contributed by atoms with Crippen LogP contribution in [0, 0.1) is 6.92 Å². The lowest BCUT2D eigenvalue weighted by Gasteiger charge is -2.11. The van der Waals surface area contributed by atoms with Crippen LogP contribution in [-0.2, 0) is 10.0 Å². The van der Waals surface area contributed by atoms with Gasteiger partial charge in [0, 0.05) is 5.69 Å². The molecule has 0 saturated carbocycles. The Balaban J connectivity index is 2.43. The lowest BCUT2D eigenvalue weighted by atomic mass is 10.2. The van der Waals surface area contributed by atoms with E-state index in [0.29, 0.717) is 10.7 Å². The normalized spacial score (nSPS) is 11.3. The zero-order chi connectivity index (χ0) is 14.9. The second-order valence-electron chi connectivity index (χ2n) is 4.28. The third-order valence-corrected chi connectivity index (χ3v) is 4.77. The molecule has 2 aromatic rings. The molecule has 0 unspecified atom stereocenters. The van der Waals surface area contributed by atoms with E-state index in [0.717, 1.165) is 5.56 Å². The number of nitrogens with one attached hydrogen (secondary N) is 1. The van der Waals surface area contributed by atoms with Crippen LogP contribution in [0.4, 0.5) is 11.4 Å². The van der Waals surface area contributed by atoms with Gasteiger partial charge in [-0.1, -0.05) is 29.3 Å². The highest BCUT2D eigenvalue weighted by Gasteiger charge is 2.19. The van der Waals surface area contributed by atoms with Crippen LogP contribution in [0.5, 0.6) is 0 Å². The number of rotatable bonds is 3. The molecule has 0 radical (unpaired) electrons. The van der Waals surface area contributed by atoms with E-state index in [1.165, 1.54) is 18.2 Å². The predicted octanol–water partition coefficient (Wildman–Crippen LogP) is 3.68. The number of anilines is 2. The Morgan fingerprint density at radius 1 is 1.05 bits per heavy atom. The number of nitrogen functional groups attached to an aromatic ring is 1. The van der Waals surface area contributed by atoms with Crippen molar-refractivity contribution in [2.24, 2.45) is 0 Å². The van der Waals surface area contributed by atoms with Gasteiger partial charge in [0.25, 0.3) is 10.0 Å². The summed E-state index contributed by atoms with van der Waals surface area (Å²) in [5, 5.41) is 0.406. The number of hydrogen-bond acceptors (Lipinski definition) is 3. The van der Waals surface area contributed by atoms with Gasteiger partial charge in [-0.2, -0.15) is 0 Å². The van der Waals surface area contributed by atoms with Gasteiger partial charge in [-0.3, -0.25) is 4.72 Å². The zero-order valence-electron chi connectivity index (χ0n) is 10.5. The Kier molecular flexibility index (Phi) is 4.13. The van der Waals surface area contributed by atoms with Crippen molar-refractivity contribution in [3.8, 4) is 0 Å². The highest BCUT2D eigenvalue weighted by Crippen LogP contribution is 2.29. The van der Waals surface area contributed by atoms with Crippen LogP contribution in [-0.4, -0.2) is 8.42 Å². The van der Waals surface area contributed by atoms with E-state index in [1.807, 2.05) is 6.92 Å². The molecule has 0 aliphatic rings. The number of sulfonamides is 1. The monoisotopic (exact) mass is 330 g/mol. The molecule has 0 aromatic heterocycles. The molecule has 2 rings (SSSR count). The first-order valence-electron chi connectivity index (χ1n) is 5.63. The lowest BCUT2D eigenvalue weighted by Crippen LogP contribution is -2.14. The van der Waals surface area contributed by atoms with E-state index in [1.54, 1.807) is 18.2 Å². The average molecular weight is 331 g/mol. The van der Waals surface area contributed by atoms with Crippen LogP contribution in [0.3, 0.4) is 0 Å². The van der Waals surface area contributed by atoms with Crippen molar-refractivity contribution in [1.82, 2.24) is 0 Å². The molecule has 0 aliphatic carbocycles. The summed E-state index contributed by atoms with van der Waals surface area (Å²) in [5.41, 5.74) is 7.12. The van der Waals surface area contributed by atoms with Gasteiger partial charge >= 0.3 is 0 Å². The topological polar surface area (TPSA) is 72.2 Å². The fourth-order valence-electron chi connectivity index (χ4n) is 1.63. The summed E-state index contributed by atoms with van der Waals surface area (Å²) in [6.07, 6.45) is 0. The van der Waals surface area contributed by atoms with Crippen LogP contribution in [0.15, 0.2) is 41.3 Å². The Hall–Kier alpha value is -1.43. The van der Waals surface area contributed by atoms with Gasteiger partial charge in [-0.05, 0) is 42.8 Å². The summed E-state index contributed by atoms with van der Waals surface area (Å²) in [5.74, 6) is 0. The molecular formula is C13H12Cl2N2O2S. The maximum atomic E-state index is 12.3. The first kappa shape index (κ1) is 15.0. The van der Waals surface area contributed by atoms with E-state index >= 15 is 0 Å². The van der Waals surface area contributed by atoms with Crippen LogP contribution in [0.1, 0.15) is 5.56 Å². The van der Waals surface area contributed by atoms with Crippen molar-refractivity contribution in [2.45, 2.75) is 11.8 Å².